The lowest BCUT2D eigenvalue weighted by Gasteiger charge is -1.98. The van der Waals surface area contributed by atoms with Gasteiger partial charge in [0.2, 0.25) is 0 Å². The fraction of sp³-hybridized carbons (Fsp3) is 0.571. The van der Waals surface area contributed by atoms with Gasteiger partial charge in [0, 0.05) is 6.54 Å². The molecule has 1 N–H and O–H groups in total. The molecule has 0 fully saturated rings. The van der Waals surface area contributed by atoms with Crippen LogP contribution in [0.2, 0.25) is 0 Å². The highest BCUT2D eigenvalue weighted by molar-refractivity contribution is 6.69. The van der Waals surface area contributed by atoms with Crippen LogP contribution in [0, 0.1) is 5.92 Å². The second kappa shape index (κ2) is 4.34. The largest absolute Gasteiger partial charge is 0.505 e. The molecule has 0 aliphatic rings. The van der Waals surface area contributed by atoms with Gasteiger partial charge in [-0.2, -0.15) is 0 Å². The highest BCUT2D eigenvalue weighted by Crippen LogP contribution is 1.99. The molecule has 0 heterocycles. The third-order valence-electron chi connectivity index (χ3n) is 0.833. The maximum atomic E-state index is 8.68. The highest BCUT2D eigenvalue weighted by Gasteiger charge is 1.97. The van der Waals surface area contributed by atoms with Crippen LogP contribution in [-0.2, 0) is 0 Å². The number of halogens is 1. The maximum Gasteiger partial charge on any atom is 0.165 e. The molecule has 0 aliphatic heterocycles. The number of rotatable bonds is 3. The Balaban J connectivity index is 3.81. The first-order chi connectivity index (χ1) is 4.54. The van der Waals surface area contributed by atoms with Crippen LogP contribution in [0.3, 0.4) is 0 Å². The minimum atomic E-state index is -0.165. The molecule has 0 aromatic heterocycles. The summed E-state index contributed by atoms with van der Waals surface area (Å²) in [4.78, 5) is 3.86. The summed E-state index contributed by atoms with van der Waals surface area (Å²) in [6, 6.07) is 0. The smallest absolute Gasteiger partial charge is 0.165 e. The van der Waals surface area contributed by atoms with Crippen LogP contribution < -0.4 is 0 Å². The van der Waals surface area contributed by atoms with Crippen molar-refractivity contribution < 1.29 is 5.11 Å². The molecule has 0 saturated carbocycles. The van der Waals surface area contributed by atoms with E-state index >= 15 is 0 Å². The van der Waals surface area contributed by atoms with E-state index < -0.39 is 0 Å². The minimum Gasteiger partial charge on any atom is -0.505 e. The van der Waals surface area contributed by atoms with E-state index in [4.69, 9.17) is 16.7 Å². The van der Waals surface area contributed by atoms with Gasteiger partial charge < -0.3 is 5.11 Å². The van der Waals surface area contributed by atoms with Gasteiger partial charge in [-0.05, 0) is 5.92 Å². The van der Waals surface area contributed by atoms with Crippen molar-refractivity contribution in [1.29, 1.82) is 0 Å². The van der Waals surface area contributed by atoms with Gasteiger partial charge in [-0.25, -0.2) is 0 Å². The summed E-state index contributed by atoms with van der Waals surface area (Å²) in [5.74, 6) is 0.287. The van der Waals surface area contributed by atoms with Crippen molar-refractivity contribution in [3.8, 4) is 0 Å². The molecular weight excluding hydrogens is 150 g/mol. The Bertz CT molecular complexity index is 152. The van der Waals surface area contributed by atoms with Gasteiger partial charge in [0.15, 0.2) is 5.17 Å². The second-order valence-corrected chi connectivity index (χ2v) is 2.83. The first-order valence-corrected chi connectivity index (χ1v) is 3.50. The predicted octanol–water partition coefficient (Wildman–Crippen LogP) is 2.35. The van der Waals surface area contributed by atoms with Crippen LogP contribution in [0.4, 0.5) is 0 Å². The molecule has 0 unspecified atom stereocenters. The molecule has 0 bridgehead atoms. The topological polar surface area (TPSA) is 32.6 Å². The highest BCUT2D eigenvalue weighted by atomic mass is 35.5. The normalized spacial score (nSPS) is 12.2. The SMILES string of the molecule is C=C(O)C(Cl)=NCC(C)C. The molecule has 0 radical (unpaired) electrons. The van der Waals surface area contributed by atoms with Gasteiger partial charge in [0.25, 0.3) is 0 Å². The summed E-state index contributed by atoms with van der Waals surface area (Å²) < 4.78 is 0. The molecular formula is C7H12ClNO. The van der Waals surface area contributed by atoms with Crippen LogP contribution in [0.1, 0.15) is 13.8 Å². The molecule has 3 heteroatoms. The van der Waals surface area contributed by atoms with Gasteiger partial charge in [-0.1, -0.05) is 32.0 Å². The fourth-order valence-electron chi connectivity index (χ4n) is 0.354. The van der Waals surface area contributed by atoms with Crippen molar-refractivity contribution in [3.05, 3.63) is 12.3 Å². The first kappa shape index (κ1) is 9.50. The van der Waals surface area contributed by atoms with Gasteiger partial charge in [-0.15, -0.1) is 0 Å². The van der Waals surface area contributed by atoms with E-state index in [2.05, 4.69) is 11.6 Å². The summed E-state index contributed by atoms with van der Waals surface area (Å²) in [6.07, 6.45) is 0. The second-order valence-electron chi connectivity index (χ2n) is 2.47. The Hall–Kier alpha value is -0.500. The van der Waals surface area contributed by atoms with E-state index in [-0.39, 0.29) is 10.9 Å². The standard InChI is InChI=1S/C7H12ClNO/c1-5(2)4-9-7(8)6(3)10/h5,10H,3-4H2,1-2H3. The molecule has 0 aromatic rings. The predicted molar refractivity (Wildman–Crippen MR) is 44.8 cm³/mol. The van der Waals surface area contributed by atoms with Crippen LogP contribution in [0.5, 0.6) is 0 Å². The van der Waals surface area contributed by atoms with Crippen LogP contribution in [-0.4, -0.2) is 16.8 Å². The van der Waals surface area contributed by atoms with E-state index in [0.717, 1.165) is 0 Å². The minimum absolute atomic E-state index is 0.105. The molecule has 10 heavy (non-hydrogen) atoms. The summed E-state index contributed by atoms with van der Waals surface area (Å²) in [7, 11) is 0. The molecule has 2 nitrogen and oxygen atoms in total. The van der Waals surface area contributed by atoms with Crippen molar-refractivity contribution in [2.75, 3.05) is 6.54 Å². The quantitative estimate of drug-likeness (QED) is 0.500. The van der Waals surface area contributed by atoms with Crippen molar-refractivity contribution in [2.24, 2.45) is 10.9 Å². The van der Waals surface area contributed by atoms with Crippen molar-refractivity contribution in [2.45, 2.75) is 13.8 Å². The van der Waals surface area contributed by atoms with Gasteiger partial charge in [0.1, 0.15) is 5.76 Å². The molecule has 58 valence electrons. The van der Waals surface area contributed by atoms with Crippen LogP contribution in [0.25, 0.3) is 0 Å². The molecule has 0 spiro atoms. The molecule has 0 atom stereocenters. The zero-order chi connectivity index (χ0) is 8.15. The maximum absolute atomic E-state index is 8.68. The Kier molecular flexibility index (Phi) is 4.12. The number of aliphatic hydroxyl groups is 1. The Morgan fingerprint density at radius 1 is 1.70 bits per heavy atom. The Morgan fingerprint density at radius 2 is 2.20 bits per heavy atom. The zero-order valence-electron chi connectivity index (χ0n) is 6.26. The van der Waals surface area contributed by atoms with Gasteiger partial charge in [0.05, 0.1) is 0 Å². The van der Waals surface area contributed by atoms with Gasteiger partial charge >= 0.3 is 0 Å². The zero-order valence-corrected chi connectivity index (χ0v) is 7.02. The third-order valence-corrected chi connectivity index (χ3v) is 1.17. The lowest BCUT2D eigenvalue weighted by atomic mass is 10.2. The van der Waals surface area contributed by atoms with E-state index in [1.807, 2.05) is 13.8 Å². The van der Waals surface area contributed by atoms with Crippen molar-refractivity contribution in [1.82, 2.24) is 0 Å². The number of aliphatic hydroxyl groups excluding tert-OH is 1. The summed E-state index contributed by atoms with van der Waals surface area (Å²) >= 11 is 5.46. The number of hydrogen-bond acceptors (Lipinski definition) is 2. The number of hydrogen-bond donors (Lipinski definition) is 1. The fourth-order valence-corrected chi connectivity index (χ4v) is 0.423. The monoisotopic (exact) mass is 161 g/mol. The van der Waals surface area contributed by atoms with Crippen LogP contribution >= 0.6 is 11.6 Å². The Morgan fingerprint density at radius 3 is 2.50 bits per heavy atom. The first-order valence-electron chi connectivity index (χ1n) is 3.12. The molecule has 0 saturated heterocycles. The van der Waals surface area contributed by atoms with E-state index in [9.17, 15) is 0 Å². The van der Waals surface area contributed by atoms with E-state index in [1.165, 1.54) is 0 Å². The summed E-state index contributed by atoms with van der Waals surface area (Å²) in [6.45, 7) is 7.89. The number of allylic oxidation sites excluding steroid dienone is 1. The average Bonchev–Trinajstić information content (AvgIpc) is 1.82. The molecule has 0 aliphatic carbocycles. The van der Waals surface area contributed by atoms with Crippen LogP contribution in [0.15, 0.2) is 17.3 Å². The lowest BCUT2D eigenvalue weighted by molar-refractivity contribution is 0.447. The lowest BCUT2D eigenvalue weighted by Crippen LogP contribution is -1.97. The van der Waals surface area contributed by atoms with Crippen molar-refractivity contribution >= 4 is 16.8 Å². The van der Waals surface area contributed by atoms with E-state index in [1.54, 1.807) is 0 Å². The number of aliphatic imine (C=N–C) groups is 1. The van der Waals surface area contributed by atoms with Gasteiger partial charge in [-0.3, -0.25) is 4.99 Å². The Labute approximate surface area is 66.2 Å². The summed E-state index contributed by atoms with van der Waals surface area (Å²) in [5, 5.41) is 8.78. The number of nitrogens with zero attached hydrogens (tertiary/aromatic N) is 1. The van der Waals surface area contributed by atoms with Crippen molar-refractivity contribution in [3.63, 3.8) is 0 Å². The average molecular weight is 162 g/mol. The molecule has 0 amide bonds. The molecule has 0 rings (SSSR count). The molecule has 0 aromatic carbocycles. The van der Waals surface area contributed by atoms with E-state index in [0.29, 0.717) is 12.5 Å². The summed E-state index contributed by atoms with van der Waals surface area (Å²) in [5.41, 5.74) is 0. The third kappa shape index (κ3) is 4.39.